The van der Waals surface area contributed by atoms with E-state index in [2.05, 4.69) is 117 Å². The van der Waals surface area contributed by atoms with Gasteiger partial charge in [0.1, 0.15) is 11.0 Å². The lowest BCUT2D eigenvalue weighted by molar-refractivity contribution is -0.666. The van der Waals surface area contributed by atoms with Crippen LogP contribution in [0.25, 0.3) is 22.1 Å². The van der Waals surface area contributed by atoms with Crippen LogP contribution in [0, 0.1) is 20.8 Å². The highest BCUT2D eigenvalue weighted by Crippen LogP contribution is 2.41. The molecule has 1 aliphatic heterocycles. The maximum absolute atomic E-state index is 6.32. The van der Waals surface area contributed by atoms with Gasteiger partial charge in [0.05, 0.1) is 23.1 Å². The summed E-state index contributed by atoms with van der Waals surface area (Å²) in [5.74, 6) is 0. The second-order valence-electron chi connectivity index (χ2n) is 15.0. The van der Waals surface area contributed by atoms with Crippen LogP contribution in [0.1, 0.15) is 95.9 Å². The number of aliphatic imine (C=N–C) groups is 1. The third-order valence-corrected chi connectivity index (χ3v) is 10.4. The maximum Gasteiger partial charge on any atom is 0.233 e. The van der Waals surface area contributed by atoms with Gasteiger partial charge >= 0.3 is 0 Å². The SMILES string of the molecule is CC1=CC2=Nc3cc(C)c(N)cc3N(C(C)C)C2C=C1NCCCCCCCCNc1cc2c(cc1C)nc1cc(C)c(N)cc1[n+]2C(C)C. The lowest BCUT2D eigenvalue weighted by Gasteiger charge is -2.41. The van der Waals surface area contributed by atoms with Crippen molar-refractivity contribution in [1.29, 1.82) is 0 Å². The van der Waals surface area contributed by atoms with Crippen molar-refractivity contribution in [2.75, 3.05) is 34.8 Å². The van der Waals surface area contributed by atoms with E-state index in [0.717, 1.165) is 81.2 Å². The van der Waals surface area contributed by atoms with Crippen molar-refractivity contribution in [2.24, 2.45) is 4.99 Å². The van der Waals surface area contributed by atoms with Gasteiger partial charge in [-0.05, 0) is 127 Å². The second kappa shape index (κ2) is 14.7. The van der Waals surface area contributed by atoms with E-state index in [1.807, 2.05) is 6.92 Å². The Balaban J connectivity index is 0.965. The van der Waals surface area contributed by atoms with Crippen LogP contribution in [0.3, 0.4) is 0 Å². The summed E-state index contributed by atoms with van der Waals surface area (Å²) in [6.45, 7) is 19.3. The summed E-state index contributed by atoms with van der Waals surface area (Å²) in [6.07, 6.45) is 11.9. The summed E-state index contributed by atoms with van der Waals surface area (Å²) in [6, 6.07) is 13.6. The predicted octanol–water partition coefficient (Wildman–Crippen LogP) is 8.90. The van der Waals surface area contributed by atoms with E-state index in [4.69, 9.17) is 21.4 Å². The Morgan fingerprint density at radius 1 is 0.740 bits per heavy atom. The average molecular weight is 674 g/mol. The molecule has 1 aromatic heterocycles. The van der Waals surface area contributed by atoms with Crippen LogP contribution in [0.5, 0.6) is 0 Å². The number of benzene rings is 3. The van der Waals surface area contributed by atoms with Crippen LogP contribution < -0.4 is 31.6 Å². The number of nitrogens with one attached hydrogen (secondary N) is 2. The number of nitrogen functional groups attached to an aromatic ring is 2. The van der Waals surface area contributed by atoms with Crippen molar-refractivity contribution in [2.45, 2.75) is 112 Å². The predicted molar refractivity (Wildman–Crippen MR) is 214 cm³/mol. The van der Waals surface area contributed by atoms with Crippen LogP contribution in [-0.4, -0.2) is 35.9 Å². The molecule has 0 radical (unpaired) electrons. The summed E-state index contributed by atoms with van der Waals surface area (Å²) >= 11 is 0. The van der Waals surface area contributed by atoms with E-state index in [1.54, 1.807) is 0 Å². The Morgan fingerprint density at radius 3 is 2.02 bits per heavy atom. The minimum Gasteiger partial charge on any atom is -0.398 e. The Bertz CT molecular complexity index is 2000. The Labute approximate surface area is 298 Å². The van der Waals surface area contributed by atoms with E-state index < -0.39 is 0 Å². The van der Waals surface area contributed by atoms with Gasteiger partial charge in [-0.3, -0.25) is 0 Å². The van der Waals surface area contributed by atoms with Gasteiger partial charge < -0.3 is 27.0 Å². The van der Waals surface area contributed by atoms with Gasteiger partial charge in [0.15, 0.2) is 6.04 Å². The van der Waals surface area contributed by atoms with E-state index in [0.29, 0.717) is 6.04 Å². The van der Waals surface area contributed by atoms with Gasteiger partial charge in [0.25, 0.3) is 0 Å². The number of hydrogen-bond acceptors (Lipinski definition) is 7. The van der Waals surface area contributed by atoms with Crippen LogP contribution in [-0.2, 0) is 0 Å². The average Bonchev–Trinajstić information content (AvgIpc) is 3.05. The van der Waals surface area contributed by atoms with Crippen LogP contribution in [0.2, 0.25) is 0 Å². The van der Waals surface area contributed by atoms with Gasteiger partial charge in [-0.15, -0.1) is 0 Å². The Morgan fingerprint density at radius 2 is 1.34 bits per heavy atom. The molecular weight excluding hydrogens is 617 g/mol. The van der Waals surface area contributed by atoms with E-state index in [-0.39, 0.29) is 12.1 Å². The molecular formula is C42H57N8+. The molecule has 2 heterocycles. The molecule has 1 unspecified atom stereocenters. The summed E-state index contributed by atoms with van der Waals surface area (Å²) in [5.41, 5.74) is 28.8. The summed E-state index contributed by atoms with van der Waals surface area (Å²) in [5, 5.41) is 7.47. The smallest absolute Gasteiger partial charge is 0.233 e. The van der Waals surface area contributed by atoms with E-state index in [1.165, 1.54) is 54.6 Å². The van der Waals surface area contributed by atoms with Gasteiger partial charge in [0.2, 0.25) is 11.0 Å². The molecule has 0 fully saturated rings. The maximum atomic E-state index is 6.32. The molecule has 3 aromatic carbocycles. The molecule has 0 bridgehead atoms. The van der Waals surface area contributed by atoms with Crippen molar-refractivity contribution >= 4 is 56.2 Å². The number of anilines is 4. The van der Waals surface area contributed by atoms with Crippen molar-refractivity contribution in [3.8, 4) is 0 Å². The molecule has 8 nitrogen and oxygen atoms in total. The lowest BCUT2D eigenvalue weighted by Crippen LogP contribution is -2.47. The lowest BCUT2D eigenvalue weighted by atomic mass is 9.93. The largest absolute Gasteiger partial charge is 0.398 e. The summed E-state index contributed by atoms with van der Waals surface area (Å²) in [4.78, 5) is 12.5. The van der Waals surface area contributed by atoms with Crippen molar-refractivity contribution < 1.29 is 4.57 Å². The van der Waals surface area contributed by atoms with Crippen molar-refractivity contribution in [3.05, 3.63) is 76.5 Å². The van der Waals surface area contributed by atoms with Crippen LogP contribution >= 0.6 is 0 Å². The molecule has 264 valence electrons. The number of allylic oxidation sites excluding steroid dienone is 1. The molecule has 50 heavy (non-hydrogen) atoms. The number of nitrogens with zero attached hydrogens (tertiary/aromatic N) is 4. The minimum absolute atomic E-state index is 0.110. The fraction of sp³-hybridized carbons (Fsp3) is 0.452. The number of nitrogens with two attached hydrogens (primary N) is 2. The molecule has 1 atom stereocenters. The van der Waals surface area contributed by atoms with Gasteiger partial charge in [0, 0.05) is 54.0 Å². The van der Waals surface area contributed by atoms with Gasteiger partial charge in [-0.1, -0.05) is 25.7 Å². The van der Waals surface area contributed by atoms with Crippen LogP contribution in [0.15, 0.2) is 64.8 Å². The summed E-state index contributed by atoms with van der Waals surface area (Å²) < 4.78 is 2.37. The number of aromatic nitrogens is 2. The van der Waals surface area contributed by atoms with Gasteiger partial charge in [-0.2, -0.15) is 4.57 Å². The fourth-order valence-corrected chi connectivity index (χ4v) is 7.51. The first-order chi connectivity index (χ1) is 23.9. The van der Waals surface area contributed by atoms with Crippen LogP contribution in [0.4, 0.5) is 28.4 Å². The molecule has 2 aliphatic rings. The summed E-state index contributed by atoms with van der Waals surface area (Å²) in [7, 11) is 0. The fourth-order valence-electron chi connectivity index (χ4n) is 7.51. The molecule has 6 rings (SSSR count). The topological polar surface area (TPSA) is 108 Å². The first kappa shape index (κ1) is 35.2. The zero-order valence-corrected chi connectivity index (χ0v) is 31.5. The quantitative estimate of drug-likeness (QED) is 0.0489. The minimum atomic E-state index is 0.110. The molecule has 6 N–H and O–H groups in total. The number of fused-ring (bicyclic) bond motifs is 4. The molecule has 0 saturated carbocycles. The highest BCUT2D eigenvalue weighted by Gasteiger charge is 2.33. The zero-order chi connectivity index (χ0) is 35.7. The highest BCUT2D eigenvalue weighted by molar-refractivity contribution is 6.09. The third-order valence-electron chi connectivity index (χ3n) is 10.4. The Hall–Kier alpha value is -4.59. The zero-order valence-electron chi connectivity index (χ0n) is 31.5. The van der Waals surface area contributed by atoms with Crippen molar-refractivity contribution in [3.63, 3.8) is 0 Å². The standard InChI is InChI=1S/C42H56N8/c1-25(2)49-39-21-31(43)27(5)17-35(39)47-37-19-29(7)33(23-41(37)49)45-15-13-11-9-10-12-14-16-46-34-24-42-38(20-30(34)8)48-36-18-28(6)32(44)22-40(36)50(42)26(3)4/h17-26,41,45H,9-16,43H2,1-8H3,(H2,44,46)/p+1. The third kappa shape index (κ3) is 7.16. The number of unbranched alkanes of at least 4 members (excludes halogenated alkanes) is 5. The molecule has 8 heteroatoms. The Kier molecular flexibility index (Phi) is 10.4. The molecule has 0 amide bonds. The monoisotopic (exact) mass is 673 g/mol. The molecule has 0 spiro atoms. The number of rotatable bonds is 13. The first-order valence-electron chi connectivity index (χ1n) is 18.6. The normalized spacial score (nSPS) is 15.7. The molecule has 1 aliphatic carbocycles. The molecule has 0 saturated heterocycles. The highest BCUT2D eigenvalue weighted by atomic mass is 15.2. The van der Waals surface area contributed by atoms with Crippen molar-refractivity contribution in [1.82, 2.24) is 10.3 Å². The number of aryl methyl sites for hydroxylation is 3. The van der Waals surface area contributed by atoms with Gasteiger partial charge in [-0.25, -0.2) is 9.98 Å². The first-order valence-corrected chi connectivity index (χ1v) is 18.6. The molecule has 4 aromatic rings. The van der Waals surface area contributed by atoms with E-state index in [9.17, 15) is 0 Å². The second-order valence-corrected chi connectivity index (χ2v) is 15.0. The van der Waals surface area contributed by atoms with E-state index >= 15 is 0 Å². The number of hydrogen-bond donors (Lipinski definition) is 4.